The average molecular weight is 244 g/mol. The van der Waals surface area contributed by atoms with E-state index in [0.717, 1.165) is 5.56 Å². The third-order valence-electron chi connectivity index (χ3n) is 1.53. The van der Waals surface area contributed by atoms with Gasteiger partial charge in [-0.15, -0.1) is 17.7 Å². The Morgan fingerprint density at radius 3 is 1.67 bits per heavy atom. The molecular weight excluding hydrogens is 234 g/mol. The smallest absolute Gasteiger partial charge is 0.366 e. The standard InChI is InChI=1S/C8H5.C6H5.Zn/c1-2-8-6-4-3-5-7-8;1-2-4-6-5-3-1;/h3-7H;1-5H;/q2*-1;+2. The molecule has 0 N–H and O–H groups in total. The third-order valence-corrected chi connectivity index (χ3v) is 1.53. The van der Waals surface area contributed by atoms with Crippen LogP contribution in [-0.2, 0) is 19.5 Å². The molecule has 0 atom stereocenters. The minimum Gasteiger partial charge on any atom is -0.366 e. The van der Waals surface area contributed by atoms with Gasteiger partial charge in [0, 0.05) is 0 Å². The van der Waals surface area contributed by atoms with E-state index in [4.69, 9.17) is 6.42 Å². The monoisotopic (exact) mass is 242 g/mol. The summed E-state index contributed by atoms with van der Waals surface area (Å²) < 4.78 is 0. The van der Waals surface area contributed by atoms with E-state index in [1.54, 1.807) is 0 Å². The van der Waals surface area contributed by atoms with Crippen molar-refractivity contribution in [2.45, 2.75) is 0 Å². The first-order valence-corrected chi connectivity index (χ1v) is 4.32. The van der Waals surface area contributed by atoms with Crippen molar-refractivity contribution >= 4 is 0 Å². The van der Waals surface area contributed by atoms with Gasteiger partial charge in [0.1, 0.15) is 0 Å². The van der Waals surface area contributed by atoms with Gasteiger partial charge in [0.05, 0.1) is 0 Å². The summed E-state index contributed by atoms with van der Waals surface area (Å²) in [4.78, 5) is 0. The summed E-state index contributed by atoms with van der Waals surface area (Å²) in [6.07, 6.45) is 6.69. The van der Waals surface area contributed by atoms with E-state index in [0.29, 0.717) is 0 Å². The van der Waals surface area contributed by atoms with Crippen molar-refractivity contribution in [3.05, 3.63) is 78.7 Å². The van der Waals surface area contributed by atoms with Crippen LogP contribution in [0.5, 0.6) is 0 Å². The first-order valence-electron chi connectivity index (χ1n) is 4.32. The largest absolute Gasteiger partial charge is 2.00 e. The molecule has 0 aliphatic heterocycles. The predicted molar refractivity (Wildman–Crippen MR) is 58.0 cm³/mol. The Kier molecular flexibility index (Phi) is 8.35. The van der Waals surface area contributed by atoms with E-state index in [9.17, 15) is 0 Å². The van der Waals surface area contributed by atoms with Gasteiger partial charge in [-0.2, -0.15) is 36.4 Å². The van der Waals surface area contributed by atoms with Crippen molar-refractivity contribution < 1.29 is 19.5 Å². The summed E-state index contributed by atoms with van der Waals surface area (Å²) in [6.45, 7) is 0. The average Bonchev–Trinajstić information content (AvgIpc) is 2.33. The van der Waals surface area contributed by atoms with Gasteiger partial charge in [-0.05, 0) is 0 Å². The molecule has 0 radical (unpaired) electrons. The maximum absolute atomic E-state index is 6.69. The van der Waals surface area contributed by atoms with Crippen LogP contribution in [0.1, 0.15) is 5.56 Å². The number of hydrogen-bond donors (Lipinski definition) is 0. The number of hydrogen-bond acceptors (Lipinski definition) is 0. The third kappa shape index (κ3) is 6.66. The molecule has 2 aromatic carbocycles. The van der Waals surface area contributed by atoms with Gasteiger partial charge in [0.25, 0.3) is 0 Å². The molecule has 68 valence electrons. The van der Waals surface area contributed by atoms with Crippen molar-refractivity contribution in [1.29, 1.82) is 0 Å². The predicted octanol–water partition coefficient (Wildman–Crippen LogP) is 3.11. The fourth-order valence-corrected chi connectivity index (χ4v) is 0.863. The molecule has 0 aliphatic rings. The SMILES string of the molecule is [C-]#Cc1ccccc1.[Zn+2].[c-]1ccccc1. The zero-order valence-electron chi connectivity index (χ0n) is 8.48. The second kappa shape index (κ2) is 9.19. The minimum atomic E-state index is 0. The number of rotatable bonds is 0. The Hall–Kier alpha value is -1.38. The Morgan fingerprint density at radius 1 is 0.867 bits per heavy atom. The van der Waals surface area contributed by atoms with Gasteiger partial charge in [0.15, 0.2) is 0 Å². The Labute approximate surface area is 104 Å². The van der Waals surface area contributed by atoms with E-state index < -0.39 is 0 Å². The van der Waals surface area contributed by atoms with Crippen LogP contribution in [0.4, 0.5) is 0 Å². The summed E-state index contributed by atoms with van der Waals surface area (Å²) >= 11 is 0. The zero-order valence-corrected chi connectivity index (χ0v) is 11.4. The van der Waals surface area contributed by atoms with E-state index in [1.807, 2.05) is 60.7 Å². The molecule has 0 aliphatic carbocycles. The molecule has 15 heavy (non-hydrogen) atoms. The summed E-state index contributed by atoms with van der Waals surface area (Å²) in [5.41, 5.74) is 0.826. The van der Waals surface area contributed by atoms with Crippen LogP contribution in [0, 0.1) is 18.4 Å². The molecule has 0 aromatic heterocycles. The fraction of sp³-hybridized carbons (Fsp3) is 0. The Morgan fingerprint density at radius 2 is 1.40 bits per heavy atom. The molecule has 0 amide bonds. The van der Waals surface area contributed by atoms with Gasteiger partial charge < -0.3 is 6.42 Å². The molecule has 2 aromatic rings. The van der Waals surface area contributed by atoms with E-state index >= 15 is 0 Å². The molecule has 0 nitrogen and oxygen atoms in total. The van der Waals surface area contributed by atoms with Gasteiger partial charge in [-0.3, -0.25) is 5.92 Å². The summed E-state index contributed by atoms with van der Waals surface area (Å²) in [7, 11) is 0. The molecule has 0 saturated carbocycles. The summed E-state index contributed by atoms with van der Waals surface area (Å²) in [5, 5.41) is 0. The van der Waals surface area contributed by atoms with Crippen LogP contribution in [0.3, 0.4) is 0 Å². The molecule has 0 heterocycles. The van der Waals surface area contributed by atoms with Crippen LogP contribution in [0.2, 0.25) is 0 Å². The summed E-state index contributed by atoms with van der Waals surface area (Å²) in [6, 6.07) is 21.9. The van der Waals surface area contributed by atoms with Crippen LogP contribution in [0.15, 0.2) is 60.7 Å². The van der Waals surface area contributed by atoms with Gasteiger partial charge in [-0.25, -0.2) is 0 Å². The molecule has 0 bridgehead atoms. The van der Waals surface area contributed by atoms with Crippen LogP contribution in [0.25, 0.3) is 0 Å². The number of benzene rings is 2. The molecule has 0 unspecified atom stereocenters. The molecule has 0 saturated heterocycles. The van der Waals surface area contributed by atoms with Crippen molar-refractivity contribution in [3.63, 3.8) is 0 Å². The maximum atomic E-state index is 6.69. The van der Waals surface area contributed by atoms with Crippen molar-refractivity contribution in [1.82, 2.24) is 0 Å². The molecular formula is C14H10Zn. The summed E-state index contributed by atoms with van der Waals surface area (Å²) in [5.74, 6) is 2.28. The maximum Gasteiger partial charge on any atom is 2.00 e. The topological polar surface area (TPSA) is 0 Å². The van der Waals surface area contributed by atoms with Gasteiger partial charge in [-0.1, -0.05) is 18.2 Å². The van der Waals surface area contributed by atoms with Crippen molar-refractivity contribution in [3.8, 4) is 5.92 Å². The first kappa shape index (κ1) is 13.6. The normalized spacial score (nSPS) is 7.40. The van der Waals surface area contributed by atoms with E-state index in [-0.39, 0.29) is 19.5 Å². The van der Waals surface area contributed by atoms with Crippen LogP contribution >= 0.6 is 0 Å². The van der Waals surface area contributed by atoms with Gasteiger partial charge >= 0.3 is 19.5 Å². The van der Waals surface area contributed by atoms with Crippen LogP contribution in [-0.4, -0.2) is 0 Å². The fourth-order valence-electron chi connectivity index (χ4n) is 0.863. The van der Waals surface area contributed by atoms with Crippen LogP contribution < -0.4 is 0 Å². The Balaban J connectivity index is 0.000000253. The quantitative estimate of drug-likeness (QED) is 0.379. The van der Waals surface area contributed by atoms with Crippen molar-refractivity contribution in [2.75, 3.05) is 0 Å². The van der Waals surface area contributed by atoms with E-state index in [2.05, 4.69) is 12.0 Å². The Bertz CT molecular complexity index is 346. The molecule has 2 rings (SSSR count). The molecule has 0 fully saturated rings. The second-order valence-electron chi connectivity index (χ2n) is 2.57. The van der Waals surface area contributed by atoms with E-state index in [1.165, 1.54) is 0 Å². The zero-order chi connectivity index (χ0) is 10.1. The van der Waals surface area contributed by atoms with Gasteiger partial charge in [0.2, 0.25) is 0 Å². The minimum absolute atomic E-state index is 0. The van der Waals surface area contributed by atoms with Crippen molar-refractivity contribution in [2.24, 2.45) is 0 Å². The molecule has 1 heteroatoms. The molecule has 0 spiro atoms. The first-order chi connectivity index (χ1) is 6.93. The second-order valence-corrected chi connectivity index (χ2v) is 2.57.